The fourth-order valence-electron chi connectivity index (χ4n) is 2.24. The van der Waals surface area contributed by atoms with Crippen LogP contribution in [0.5, 0.6) is 0 Å². The van der Waals surface area contributed by atoms with Crippen molar-refractivity contribution >= 4 is 33.3 Å². The van der Waals surface area contributed by atoms with E-state index >= 15 is 0 Å². The Balaban J connectivity index is 1.93. The Labute approximate surface area is 124 Å². The van der Waals surface area contributed by atoms with E-state index in [1.807, 2.05) is 12.1 Å². The van der Waals surface area contributed by atoms with Crippen LogP contribution in [0.3, 0.4) is 0 Å². The molecule has 0 fully saturated rings. The van der Waals surface area contributed by atoms with E-state index in [9.17, 15) is 0 Å². The summed E-state index contributed by atoms with van der Waals surface area (Å²) in [5.74, 6) is 0.730. The number of hydrogen-bond donors (Lipinski definition) is 0. The van der Waals surface area contributed by atoms with E-state index in [1.165, 1.54) is 11.1 Å². The number of pyridine rings is 1. The van der Waals surface area contributed by atoms with Crippen molar-refractivity contribution in [3.8, 4) is 6.07 Å². The van der Waals surface area contributed by atoms with E-state index in [4.69, 9.17) is 16.9 Å². The topological polar surface area (TPSA) is 39.9 Å². The highest BCUT2D eigenvalue weighted by molar-refractivity contribution is 9.10. The number of halogens is 2. The maximum atomic E-state index is 8.82. The second kappa shape index (κ2) is 4.84. The molecule has 1 aromatic carbocycles. The highest BCUT2D eigenvalue weighted by Crippen LogP contribution is 2.32. The summed E-state index contributed by atoms with van der Waals surface area (Å²) in [6, 6.07) is 9.96. The van der Waals surface area contributed by atoms with Gasteiger partial charge in [-0.15, -0.1) is 0 Å². The molecule has 1 aliphatic heterocycles. The molecule has 0 atom stereocenters. The lowest BCUT2D eigenvalue weighted by molar-refractivity contribution is 0.856. The molecule has 1 aromatic heterocycles. The fourth-order valence-corrected chi connectivity index (χ4v) is 2.93. The monoisotopic (exact) mass is 333 g/mol. The number of aromatic nitrogens is 1. The van der Waals surface area contributed by atoms with Gasteiger partial charge in [-0.2, -0.15) is 5.26 Å². The van der Waals surface area contributed by atoms with Crippen LogP contribution in [-0.2, 0) is 13.1 Å². The summed E-state index contributed by atoms with van der Waals surface area (Å²) in [6.45, 7) is 1.58. The number of anilines is 1. The van der Waals surface area contributed by atoms with Gasteiger partial charge in [0.1, 0.15) is 11.9 Å². The maximum Gasteiger partial charge on any atom is 0.148 e. The Bertz CT molecular complexity index is 694. The molecule has 3 nitrogen and oxygen atoms in total. The van der Waals surface area contributed by atoms with Gasteiger partial charge in [0.25, 0.3) is 0 Å². The predicted molar refractivity (Wildman–Crippen MR) is 78.0 cm³/mol. The third-order valence-corrected chi connectivity index (χ3v) is 3.91. The predicted octanol–water partition coefficient (Wildman–Crippen LogP) is 3.89. The lowest BCUT2D eigenvalue weighted by Gasteiger charge is -2.17. The van der Waals surface area contributed by atoms with Gasteiger partial charge in [-0.1, -0.05) is 33.6 Å². The minimum absolute atomic E-state index is 0.480. The first-order valence-corrected chi connectivity index (χ1v) is 6.92. The molecule has 0 radical (unpaired) electrons. The van der Waals surface area contributed by atoms with Gasteiger partial charge in [-0.25, -0.2) is 4.98 Å². The molecule has 0 spiro atoms. The van der Waals surface area contributed by atoms with Gasteiger partial charge < -0.3 is 4.90 Å². The first-order valence-electron chi connectivity index (χ1n) is 5.75. The van der Waals surface area contributed by atoms with Crippen LogP contribution in [0.2, 0.25) is 5.02 Å². The second-order valence-electron chi connectivity index (χ2n) is 4.41. The van der Waals surface area contributed by atoms with Crippen LogP contribution in [0.25, 0.3) is 0 Å². The number of rotatable bonds is 1. The molecule has 5 heteroatoms. The molecule has 3 rings (SSSR count). The van der Waals surface area contributed by atoms with Crippen LogP contribution in [0.15, 0.2) is 34.9 Å². The van der Waals surface area contributed by atoms with Gasteiger partial charge in [-0.3, -0.25) is 0 Å². The zero-order valence-electron chi connectivity index (χ0n) is 9.90. The number of nitrogens with zero attached hydrogens (tertiary/aromatic N) is 3. The van der Waals surface area contributed by atoms with Crippen molar-refractivity contribution in [2.24, 2.45) is 0 Å². The molecule has 0 unspecified atom stereocenters. The van der Waals surface area contributed by atoms with Crippen molar-refractivity contribution in [3.05, 3.63) is 56.6 Å². The normalized spacial score (nSPS) is 13.2. The molecule has 1 aliphatic rings. The van der Waals surface area contributed by atoms with Gasteiger partial charge in [0.15, 0.2) is 0 Å². The van der Waals surface area contributed by atoms with E-state index < -0.39 is 0 Å². The van der Waals surface area contributed by atoms with Crippen LogP contribution < -0.4 is 4.90 Å². The van der Waals surface area contributed by atoms with E-state index in [0.29, 0.717) is 10.6 Å². The van der Waals surface area contributed by atoms with Crippen LogP contribution in [0.1, 0.15) is 16.7 Å². The van der Waals surface area contributed by atoms with Crippen LogP contribution >= 0.6 is 27.5 Å². The van der Waals surface area contributed by atoms with Crippen LogP contribution in [0, 0.1) is 11.3 Å². The molecule has 19 heavy (non-hydrogen) atoms. The van der Waals surface area contributed by atoms with E-state index in [1.54, 1.807) is 12.3 Å². The molecule has 2 aromatic rings. The third-order valence-electron chi connectivity index (χ3n) is 3.14. The van der Waals surface area contributed by atoms with E-state index in [-0.39, 0.29) is 0 Å². The van der Waals surface area contributed by atoms with Crippen molar-refractivity contribution < 1.29 is 0 Å². The highest BCUT2D eigenvalue weighted by atomic mass is 79.9. The summed E-state index contributed by atoms with van der Waals surface area (Å²) in [7, 11) is 0. The molecule has 0 saturated heterocycles. The zero-order chi connectivity index (χ0) is 13.4. The van der Waals surface area contributed by atoms with Crippen molar-refractivity contribution in [1.82, 2.24) is 4.98 Å². The lowest BCUT2D eigenvalue weighted by Crippen LogP contribution is -2.16. The average molecular weight is 335 g/mol. The molecule has 94 valence electrons. The van der Waals surface area contributed by atoms with Crippen molar-refractivity contribution in [3.63, 3.8) is 0 Å². The van der Waals surface area contributed by atoms with Crippen molar-refractivity contribution in [2.45, 2.75) is 13.1 Å². The van der Waals surface area contributed by atoms with Crippen molar-refractivity contribution in [2.75, 3.05) is 4.90 Å². The number of fused-ring (bicyclic) bond motifs is 1. The highest BCUT2D eigenvalue weighted by Gasteiger charge is 2.22. The standard InChI is InChI=1S/C14H9BrClN3/c15-12-2-1-10-7-19(8-11(10)4-12)14-13(16)3-9(5-17)6-18-14/h1-4,6H,7-8H2. The maximum absolute atomic E-state index is 8.82. The van der Waals surface area contributed by atoms with Gasteiger partial charge in [0.2, 0.25) is 0 Å². The number of benzene rings is 1. The molecule has 0 N–H and O–H groups in total. The SMILES string of the molecule is N#Cc1cnc(N2Cc3ccc(Br)cc3C2)c(Cl)c1. The van der Waals surface area contributed by atoms with E-state index in [0.717, 1.165) is 23.4 Å². The summed E-state index contributed by atoms with van der Waals surface area (Å²) < 4.78 is 1.08. The Morgan fingerprint density at radius 3 is 2.79 bits per heavy atom. The Kier molecular flexibility index (Phi) is 3.17. The smallest absolute Gasteiger partial charge is 0.148 e. The minimum atomic E-state index is 0.480. The quantitative estimate of drug-likeness (QED) is 0.794. The Morgan fingerprint density at radius 2 is 2.05 bits per heavy atom. The first-order chi connectivity index (χ1) is 9.17. The van der Waals surface area contributed by atoms with Gasteiger partial charge in [-0.05, 0) is 29.3 Å². The molecule has 0 bridgehead atoms. The molecular formula is C14H9BrClN3. The average Bonchev–Trinajstić information content (AvgIpc) is 2.81. The van der Waals surface area contributed by atoms with Gasteiger partial charge in [0, 0.05) is 23.8 Å². The molecule has 0 amide bonds. The Hall–Kier alpha value is -1.57. The summed E-state index contributed by atoms with van der Waals surface area (Å²) >= 11 is 9.68. The second-order valence-corrected chi connectivity index (χ2v) is 5.73. The molecule has 2 heterocycles. The number of hydrogen-bond acceptors (Lipinski definition) is 3. The zero-order valence-corrected chi connectivity index (χ0v) is 12.2. The lowest BCUT2D eigenvalue weighted by atomic mass is 10.1. The van der Waals surface area contributed by atoms with E-state index in [2.05, 4.69) is 37.9 Å². The van der Waals surface area contributed by atoms with Gasteiger partial charge >= 0.3 is 0 Å². The summed E-state index contributed by atoms with van der Waals surface area (Å²) in [5.41, 5.74) is 3.04. The summed E-state index contributed by atoms with van der Waals surface area (Å²) in [5, 5.41) is 9.34. The van der Waals surface area contributed by atoms with Crippen LogP contribution in [-0.4, -0.2) is 4.98 Å². The fraction of sp³-hybridized carbons (Fsp3) is 0.143. The molecular weight excluding hydrogens is 326 g/mol. The minimum Gasteiger partial charge on any atom is -0.347 e. The number of nitriles is 1. The Morgan fingerprint density at radius 1 is 1.26 bits per heavy atom. The third kappa shape index (κ3) is 2.32. The first kappa shape index (κ1) is 12.5. The molecule has 0 aliphatic carbocycles. The molecule has 0 saturated carbocycles. The van der Waals surface area contributed by atoms with Crippen LogP contribution in [0.4, 0.5) is 5.82 Å². The van der Waals surface area contributed by atoms with Gasteiger partial charge in [0.05, 0.1) is 10.6 Å². The largest absolute Gasteiger partial charge is 0.347 e. The summed E-state index contributed by atoms with van der Waals surface area (Å²) in [4.78, 5) is 6.41. The summed E-state index contributed by atoms with van der Waals surface area (Å²) in [6.07, 6.45) is 1.56. The van der Waals surface area contributed by atoms with Crippen molar-refractivity contribution in [1.29, 1.82) is 5.26 Å².